The van der Waals surface area contributed by atoms with Crippen molar-refractivity contribution in [2.75, 3.05) is 39.9 Å². The van der Waals surface area contributed by atoms with E-state index < -0.39 is 0 Å². The molecule has 120 valence electrons. The molecule has 0 radical (unpaired) electrons. The molecule has 3 aliphatic rings. The number of hydrogen-bond donors (Lipinski definition) is 1. The molecule has 0 bridgehead atoms. The Balaban J connectivity index is 1.61. The van der Waals surface area contributed by atoms with E-state index in [2.05, 4.69) is 10.2 Å². The first-order chi connectivity index (χ1) is 10.3. The molecule has 0 aromatic heterocycles. The predicted molar refractivity (Wildman–Crippen MR) is 82.2 cm³/mol. The number of hydrogen-bond acceptors (Lipinski definition) is 4. The summed E-state index contributed by atoms with van der Waals surface area (Å²) in [5, 5.41) is 3.42. The van der Waals surface area contributed by atoms with Gasteiger partial charge in [-0.1, -0.05) is 0 Å². The molecule has 1 N–H and O–H groups in total. The van der Waals surface area contributed by atoms with E-state index in [0.29, 0.717) is 18.0 Å². The topological polar surface area (TPSA) is 44.8 Å². The lowest BCUT2D eigenvalue weighted by Gasteiger charge is -2.39. The molecule has 0 aliphatic carbocycles. The van der Waals surface area contributed by atoms with Crippen LogP contribution in [0.2, 0.25) is 0 Å². The fraction of sp³-hybridized carbons (Fsp3) is 0.938. The summed E-state index contributed by atoms with van der Waals surface area (Å²) >= 11 is 0. The smallest absolute Gasteiger partial charge is 0.239 e. The summed E-state index contributed by atoms with van der Waals surface area (Å²) in [5.74, 6) is 0.345. The second kappa shape index (κ2) is 7.07. The van der Waals surface area contributed by atoms with Crippen LogP contribution < -0.4 is 5.32 Å². The highest BCUT2D eigenvalue weighted by atomic mass is 16.5. The fourth-order valence-corrected chi connectivity index (χ4v) is 4.12. The minimum absolute atomic E-state index is 0.126. The molecule has 0 saturated carbocycles. The maximum absolute atomic E-state index is 12.9. The molecule has 0 aromatic carbocycles. The number of likely N-dealkylation sites (tertiary alicyclic amines) is 1. The minimum atomic E-state index is 0.126. The average Bonchev–Trinajstić information content (AvgIpc) is 3.04. The monoisotopic (exact) mass is 295 g/mol. The van der Waals surface area contributed by atoms with Gasteiger partial charge in [-0.3, -0.25) is 9.69 Å². The number of amides is 1. The Morgan fingerprint density at radius 2 is 1.86 bits per heavy atom. The van der Waals surface area contributed by atoms with Gasteiger partial charge in [-0.2, -0.15) is 0 Å². The van der Waals surface area contributed by atoms with E-state index in [-0.39, 0.29) is 6.04 Å². The molecule has 3 aliphatic heterocycles. The van der Waals surface area contributed by atoms with E-state index in [4.69, 9.17) is 4.74 Å². The number of rotatable bonds is 3. The van der Waals surface area contributed by atoms with Crippen molar-refractivity contribution in [2.24, 2.45) is 0 Å². The molecular weight excluding hydrogens is 266 g/mol. The first-order valence-corrected chi connectivity index (χ1v) is 8.58. The van der Waals surface area contributed by atoms with Crippen LogP contribution in [0.3, 0.4) is 0 Å². The molecule has 1 atom stereocenters. The number of likely N-dealkylation sites (N-methyl/N-ethyl adjacent to an activating group) is 1. The van der Waals surface area contributed by atoms with Gasteiger partial charge in [0.25, 0.3) is 0 Å². The van der Waals surface area contributed by atoms with Crippen LogP contribution in [0.4, 0.5) is 0 Å². The van der Waals surface area contributed by atoms with E-state index in [1.807, 2.05) is 11.9 Å². The largest absolute Gasteiger partial charge is 0.381 e. The van der Waals surface area contributed by atoms with Crippen molar-refractivity contribution >= 4 is 5.91 Å². The third-order valence-corrected chi connectivity index (χ3v) is 5.44. The van der Waals surface area contributed by atoms with Crippen LogP contribution in [-0.4, -0.2) is 73.7 Å². The van der Waals surface area contributed by atoms with Crippen LogP contribution in [0.5, 0.6) is 0 Å². The first-order valence-electron chi connectivity index (χ1n) is 8.58. The number of carbonyl (C=O) groups excluding carboxylic acids is 1. The van der Waals surface area contributed by atoms with E-state index >= 15 is 0 Å². The summed E-state index contributed by atoms with van der Waals surface area (Å²) in [4.78, 5) is 17.4. The van der Waals surface area contributed by atoms with Gasteiger partial charge in [0.05, 0.1) is 6.04 Å². The van der Waals surface area contributed by atoms with Gasteiger partial charge in [0, 0.05) is 32.3 Å². The Kier molecular flexibility index (Phi) is 5.14. The zero-order valence-corrected chi connectivity index (χ0v) is 13.2. The third kappa shape index (κ3) is 3.41. The van der Waals surface area contributed by atoms with E-state index in [1.165, 1.54) is 19.3 Å². The van der Waals surface area contributed by atoms with Crippen molar-refractivity contribution < 1.29 is 9.53 Å². The van der Waals surface area contributed by atoms with Crippen LogP contribution in [0.25, 0.3) is 0 Å². The number of nitrogens with one attached hydrogen (secondary N) is 1. The summed E-state index contributed by atoms with van der Waals surface area (Å²) in [7, 11) is 2.00. The van der Waals surface area contributed by atoms with Crippen molar-refractivity contribution in [1.29, 1.82) is 0 Å². The SMILES string of the molecule is CN(C(=O)C1CCCN1C1CCNCC1)C1CCOCC1. The van der Waals surface area contributed by atoms with Gasteiger partial charge in [-0.25, -0.2) is 0 Å². The summed E-state index contributed by atoms with van der Waals surface area (Å²) in [6, 6.07) is 1.11. The van der Waals surface area contributed by atoms with Crippen molar-refractivity contribution in [2.45, 2.75) is 56.7 Å². The lowest BCUT2D eigenvalue weighted by atomic mass is 10.0. The second-order valence-electron chi connectivity index (χ2n) is 6.67. The Hall–Kier alpha value is -0.650. The highest BCUT2D eigenvalue weighted by Gasteiger charge is 2.38. The van der Waals surface area contributed by atoms with E-state index in [1.54, 1.807) is 0 Å². The van der Waals surface area contributed by atoms with Gasteiger partial charge >= 0.3 is 0 Å². The Labute approximate surface area is 128 Å². The second-order valence-corrected chi connectivity index (χ2v) is 6.67. The summed E-state index contributed by atoms with van der Waals surface area (Å²) in [5.41, 5.74) is 0. The molecule has 3 rings (SSSR count). The zero-order chi connectivity index (χ0) is 14.7. The number of piperidine rings is 1. The maximum atomic E-state index is 12.9. The standard InChI is InChI=1S/C16H29N3O2/c1-18(13-6-11-21-12-7-13)16(20)15-3-2-10-19(15)14-4-8-17-9-5-14/h13-15,17H,2-12H2,1H3. The van der Waals surface area contributed by atoms with Crippen LogP contribution in [-0.2, 0) is 9.53 Å². The molecule has 1 amide bonds. The van der Waals surface area contributed by atoms with Gasteiger partial charge < -0.3 is 15.0 Å². The van der Waals surface area contributed by atoms with E-state index in [0.717, 1.165) is 52.1 Å². The van der Waals surface area contributed by atoms with Gasteiger partial charge in [0.15, 0.2) is 0 Å². The molecular formula is C16H29N3O2. The quantitative estimate of drug-likeness (QED) is 0.838. The lowest BCUT2D eigenvalue weighted by molar-refractivity contribution is -0.139. The summed E-state index contributed by atoms with van der Waals surface area (Å²) < 4.78 is 5.42. The summed E-state index contributed by atoms with van der Waals surface area (Å²) in [6.07, 6.45) is 6.55. The highest BCUT2D eigenvalue weighted by Crippen LogP contribution is 2.27. The maximum Gasteiger partial charge on any atom is 0.239 e. The number of ether oxygens (including phenoxy) is 1. The first kappa shape index (κ1) is 15.3. The molecule has 1 unspecified atom stereocenters. The van der Waals surface area contributed by atoms with Crippen LogP contribution >= 0.6 is 0 Å². The molecule has 0 spiro atoms. The predicted octanol–water partition coefficient (Wildman–Crippen LogP) is 0.840. The average molecular weight is 295 g/mol. The normalized spacial score (nSPS) is 29.7. The van der Waals surface area contributed by atoms with Crippen LogP contribution in [0.1, 0.15) is 38.5 Å². The number of nitrogens with zero attached hydrogens (tertiary/aromatic N) is 2. The third-order valence-electron chi connectivity index (χ3n) is 5.44. The summed E-state index contributed by atoms with van der Waals surface area (Å²) in [6.45, 7) is 4.88. The molecule has 3 heterocycles. The Morgan fingerprint density at radius 1 is 1.14 bits per heavy atom. The molecule has 5 nitrogen and oxygen atoms in total. The molecule has 3 saturated heterocycles. The zero-order valence-electron chi connectivity index (χ0n) is 13.2. The van der Waals surface area contributed by atoms with Crippen molar-refractivity contribution in [3.8, 4) is 0 Å². The molecule has 3 fully saturated rings. The fourth-order valence-electron chi connectivity index (χ4n) is 4.12. The molecule has 5 heteroatoms. The minimum Gasteiger partial charge on any atom is -0.381 e. The van der Waals surface area contributed by atoms with Gasteiger partial charge in [-0.05, 0) is 58.2 Å². The molecule has 0 aromatic rings. The lowest BCUT2D eigenvalue weighted by Crippen LogP contribution is -2.53. The highest BCUT2D eigenvalue weighted by molar-refractivity contribution is 5.82. The van der Waals surface area contributed by atoms with Gasteiger partial charge in [0.1, 0.15) is 0 Å². The molecule has 21 heavy (non-hydrogen) atoms. The van der Waals surface area contributed by atoms with E-state index in [9.17, 15) is 4.79 Å². The Morgan fingerprint density at radius 3 is 2.57 bits per heavy atom. The van der Waals surface area contributed by atoms with Crippen molar-refractivity contribution in [3.63, 3.8) is 0 Å². The van der Waals surface area contributed by atoms with Gasteiger partial charge in [0.2, 0.25) is 5.91 Å². The van der Waals surface area contributed by atoms with Crippen molar-refractivity contribution in [1.82, 2.24) is 15.1 Å². The van der Waals surface area contributed by atoms with Crippen LogP contribution in [0.15, 0.2) is 0 Å². The van der Waals surface area contributed by atoms with Crippen LogP contribution in [0, 0.1) is 0 Å². The Bertz CT molecular complexity index is 351. The van der Waals surface area contributed by atoms with Gasteiger partial charge in [-0.15, -0.1) is 0 Å². The number of carbonyl (C=O) groups is 1. The van der Waals surface area contributed by atoms with Crippen molar-refractivity contribution in [3.05, 3.63) is 0 Å².